The molecule has 16 nitrogen and oxygen atoms in total. The van der Waals surface area contributed by atoms with Crippen LogP contribution in [0.2, 0.25) is 0 Å². The van der Waals surface area contributed by atoms with Crippen molar-refractivity contribution in [1.29, 1.82) is 0 Å². The molecular formula is C33H42O16. The number of rotatable bonds is 14. The fraction of sp³-hybridized carbons (Fsp3) is 0.636. The van der Waals surface area contributed by atoms with Crippen LogP contribution in [0.3, 0.4) is 0 Å². The largest absolute Gasteiger partial charge is 0.461 e. The lowest BCUT2D eigenvalue weighted by atomic mass is 9.97. The quantitative estimate of drug-likeness (QED) is 0.108. The van der Waals surface area contributed by atoms with Gasteiger partial charge in [-0.3, -0.25) is 28.8 Å². The van der Waals surface area contributed by atoms with Crippen LogP contribution in [0.4, 0.5) is 0 Å². The smallest absolute Gasteiger partial charge is 0.303 e. The van der Waals surface area contributed by atoms with E-state index in [-0.39, 0.29) is 6.61 Å². The summed E-state index contributed by atoms with van der Waals surface area (Å²) in [5, 5.41) is 0. The summed E-state index contributed by atoms with van der Waals surface area (Å²) < 4.78 is 56.0. The summed E-state index contributed by atoms with van der Waals surface area (Å²) in [6.45, 7) is 7.16. The zero-order chi connectivity index (χ0) is 36.6. The Bertz CT molecular complexity index is 1350. The van der Waals surface area contributed by atoms with Crippen molar-refractivity contribution in [3.05, 3.63) is 12.2 Å². The van der Waals surface area contributed by atoms with Gasteiger partial charge in [-0.1, -0.05) is 17.9 Å². The molecule has 8 atom stereocenters. The van der Waals surface area contributed by atoms with Gasteiger partial charge in [0, 0.05) is 48.0 Å². The Hall–Kier alpha value is -4.48. The van der Waals surface area contributed by atoms with Crippen LogP contribution in [0.15, 0.2) is 12.2 Å². The molecule has 0 aliphatic carbocycles. The molecule has 270 valence electrons. The molecule has 0 saturated carbocycles. The van der Waals surface area contributed by atoms with Crippen LogP contribution in [-0.4, -0.2) is 111 Å². The number of unbranched alkanes of at least 4 members (excludes halogenated alkanes) is 1. The fourth-order valence-electron chi connectivity index (χ4n) is 4.81. The van der Waals surface area contributed by atoms with E-state index < -0.39 is 104 Å². The lowest BCUT2D eigenvalue weighted by molar-refractivity contribution is -0.315. The second kappa shape index (κ2) is 20.1. The third-order valence-corrected chi connectivity index (χ3v) is 6.54. The minimum Gasteiger partial charge on any atom is -0.461 e. The summed E-state index contributed by atoms with van der Waals surface area (Å²) in [7, 11) is 0. The molecule has 0 unspecified atom stereocenters. The van der Waals surface area contributed by atoms with Gasteiger partial charge < -0.3 is 47.4 Å². The summed E-state index contributed by atoms with van der Waals surface area (Å²) in [5.41, 5.74) is -1.77. The van der Waals surface area contributed by atoms with Crippen molar-refractivity contribution in [1.82, 2.24) is 0 Å². The molecule has 2 saturated heterocycles. The van der Waals surface area contributed by atoms with Gasteiger partial charge in [-0.15, -0.1) is 0 Å². The van der Waals surface area contributed by atoms with Gasteiger partial charge in [0.25, 0.3) is 0 Å². The zero-order valence-corrected chi connectivity index (χ0v) is 28.5. The first-order valence-electron chi connectivity index (χ1n) is 15.3. The van der Waals surface area contributed by atoms with Crippen molar-refractivity contribution >= 4 is 35.8 Å². The molecule has 2 aliphatic rings. The Morgan fingerprint density at radius 1 is 0.755 bits per heavy atom. The van der Waals surface area contributed by atoms with Crippen molar-refractivity contribution in [2.24, 2.45) is 0 Å². The second-order valence-electron chi connectivity index (χ2n) is 10.8. The average Bonchev–Trinajstić information content (AvgIpc) is 3.31. The minimum absolute atomic E-state index is 0.0549. The van der Waals surface area contributed by atoms with Gasteiger partial charge >= 0.3 is 35.8 Å². The number of esters is 6. The van der Waals surface area contributed by atoms with Crippen molar-refractivity contribution in [2.75, 3.05) is 26.4 Å². The highest BCUT2D eigenvalue weighted by Gasteiger charge is 2.58. The van der Waals surface area contributed by atoms with Crippen molar-refractivity contribution in [3.8, 4) is 23.7 Å². The molecule has 0 aromatic carbocycles. The van der Waals surface area contributed by atoms with Crippen LogP contribution in [0.1, 0.15) is 61.3 Å². The first kappa shape index (κ1) is 40.7. The molecule has 0 bridgehead atoms. The molecule has 16 heteroatoms. The van der Waals surface area contributed by atoms with Gasteiger partial charge in [-0.25, -0.2) is 0 Å². The van der Waals surface area contributed by atoms with Crippen LogP contribution >= 0.6 is 0 Å². The van der Waals surface area contributed by atoms with E-state index in [1.165, 1.54) is 0 Å². The van der Waals surface area contributed by atoms with Gasteiger partial charge in [0.05, 0.1) is 19.8 Å². The van der Waals surface area contributed by atoms with E-state index in [2.05, 4.69) is 23.7 Å². The van der Waals surface area contributed by atoms with Crippen molar-refractivity contribution in [2.45, 2.75) is 110 Å². The standard InChI is InChI=1S/C33H42O16/c1-8-9-10-11-12-13-14-15-16-40-31-29(46-23(5)37)28(45-22(4)36)27(44-21(3)35)26(48-31)17-41-32-30(47-24(6)38)33(19-43-32,49-25(7)39)18-42-20(2)34/h8-9,26-32H,14-19H2,1-7H3/b9-8+/t26-,27-,28+,29-,30+,31-,32-,33-/m1/s1. The molecule has 0 aromatic rings. The van der Waals surface area contributed by atoms with Crippen LogP contribution in [0.5, 0.6) is 0 Å². The monoisotopic (exact) mass is 694 g/mol. The Morgan fingerprint density at radius 3 is 1.98 bits per heavy atom. The van der Waals surface area contributed by atoms with E-state index in [1.54, 1.807) is 12.2 Å². The van der Waals surface area contributed by atoms with Gasteiger partial charge in [-0.2, -0.15) is 0 Å². The Morgan fingerprint density at radius 2 is 1.39 bits per heavy atom. The molecule has 0 spiro atoms. The number of hydrogen-bond donors (Lipinski definition) is 0. The van der Waals surface area contributed by atoms with E-state index >= 15 is 0 Å². The molecule has 0 N–H and O–H groups in total. The molecule has 0 amide bonds. The third-order valence-electron chi connectivity index (χ3n) is 6.54. The molecule has 0 aromatic heterocycles. The summed E-state index contributed by atoms with van der Waals surface area (Å²) >= 11 is 0. The number of ether oxygens (including phenoxy) is 10. The Balaban J connectivity index is 2.38. The maximum Gasteiger partial charge on any atom is 0.303 e. The first-order chi connectivity index (χ1) is 23.2. The van der Waals surface area contributed by atoms with E-state index in [0.29, 0.717) is 12.8 Å². The predicted octanol–water partition coefficient (Wildman–Crippen LogP) is 1.06. The summed E-state index contributed by atoms with van der Waals surface area (Å²) in [5.74, 6) is 6.37. The highest BCUT2D eigenvalue weighted by atomic mass is 16.8. The van der Waals surface area contributed by atoms with E-state index in [1.807, 2.05) is 6.92 Å². The predicted molar refractivity (Wildman–Crippen MR) is 163 cm³/mol. The first-order valence-corrected chi connectivity index (χ1v) is 15.3. The van der Waals surface area contributed by atoms with Crippen molar-refractivity contribution < 1.29 is 76.1 Å². The molecule has 0 radical (unpaired) electrons. The molecule has 2 heterocycles. The zero-order valence-electron chi connectivity index (χ0n) is 28.5. The summed E-state index contributed by atoms with van der Waals surface area (Å²) in [6, 6.07) is 0. The minimum atomic E-state index is -1.77. The molecular weight excluding hydrogens is 652 g/mol. The van der Waals surface area contributed by atoms with E-state index in [9.17, 15) is 28.8 Å². The Labute approximate surface area is 284 Å². The number of carbonyl (C=O) groups is 6. The lowest BCUT2D eigenvalue weighted by Crippen LogP contribution is -2.63. The van der Waals surface area contributed by atoms with E-state index in [4.69, 9.17) is 47.4 Å². The van der Waals surface area contributed by atoms with Crippen LogP contribution in [0, 0.1) is 23.7 Å². The summed E-state index contributed by atoms with van der Waals surface area (Å²) in [4.78, 5) is 72.2. The van der Waals surface area contributed by atoms with Crippen LogP contribution in [-0.2, 0) is 76.1 Å². The number of allylic oxidation sites excluding steroid dienone is 2. The van der Waals surface area contributed by atoms with Crippen LogP contribution in [0.25, 0.3) is 0 Å². The van der Waals surface area contributed by atoms with Gasteiger partial charge in [0.2, 0.25) is 5.60 Å². The van der Waals surface area contributed by atoms with Gasteiger partial charge in [0.15, 0.2) is 37.0 Å². The van der Waals surface area contributed by atoms with Crippen LogP contribution < -0.4 is 0 Å². The van der Waals surface area contributed by atoms with Gasteiger partial charge in [0.1, 0.15) is 12.7 Å². The van der Waals surface area contributed by atoms with Crippen molar-refractivity contribution in [3.63, 3.8) is 0 Å². The Kier molecular flexibility index (Phi) is 16.7. The van der Waals surface area contributed by atoms with E-state index in [0.717, 1.165) is 41.5 Å². The molecule has 2 aliphatic heterocycles. The molecule has 2 rings (SSSR count). The second-order valence-corrected chi connectivity index (χ2v) is 10.8. The number of carbonyl (C=O) groups excluding carboxylic acids is 6. The van der Waals surface area contributed by atoms with Gasteiger partial charge in [-0.05, 0) is 31.3 Å². The maximum absolute atomic E-state index is 12.2. The SMILES string of the molecule is C/C=C/C#CC#CCCCO[C@@H]1O[C@H](CO[C@@H]2OC[C@@](COC(C)=O)(OC(C)=O)[C@H]2OC(C)=O)[C@@H](OC(C)=O)[C@H](OC(C)=O)[C@H]1OC(C)=O. The molecule has 2 fully saturated rings. The number of hydrogen-bond acceptors (Lipinski definition) is 16. The lowest BCUT2D eigenvalue weighted by Gasteiger charge is -2.44. The normalized spacial score (nSPS) is 27.4. The maximum atomic E-state index is 12.2. The fourth-order valence-corrected chi connectivity index (χ4v) is 4.81. The average molecular weight is 695 g/mol. The highest BCUT2D eigenvalue weighted by Crippen LogP contribution is 2.35. The highest BCUT2D eigenvalue weighted by molar-refractivity contribution is 5.69. The molecule has 49 heavy (non-hydrogen) atoms. The third kappa shape index (κ3) is 13.5. The topological polar surface area (TPSA) is 195 Å². The summed E-state index contributed by atoms with van der Waals surface area (Å²) in [6.07, 6.45) is -5.41.